The van der Waals surface area contributed by atoms with E-state index >= 15 is 0 Å². The van der Waals surface area contributed by atoms with Crippen molar-refractivity contribution in [1.82, 2.24) is 0 Å². The van der Waals surface area contributed by atoms with Crippen LogP contribution < -0.4 is 0 Å². The second-order valence-corrected chi connectivity index (χ2v) is 4.58. The standard InChI is InChI=1S/C7H11F3O5S/c1-4(2)6(5(12)3-11)15-16(13,14)7(8,9)10/h5,11-12H,3H2,1-2H3. The van der Waals surface area contributed by atoms with Crippen molar-refractivity contribution in [2.75, 3.05) is 6.61 Å². The lowest BCUT2D eigenvalue weighted by atomic mass is 10.2. The molecule has 96 valence electrons. The Morgan fingerprint density at radius 2 is 1.81 bits per heavy atom. The normalized spacial score (nSPS) is 14.4. The average Bonchev–Trinajstić information content (AvgIpc) is 2.10. The van der Waals surface area contributed by atoms with Gasteiger partial charge in [0.25, 0.3) is 0 Å². The highest BCUT2D eigenvalue weighted by atomic mass is 32.2. The van der Waals surface area contributed by atoms with Crippen molar-refractivity contribution in [3.63, 3.8) is 0 Å². The molecule has 0 amide bonds. The second-order valence-electron chi connectivity index (χ2n) is 3.05. The summed E-state index contributed by atoms with van der Waals surface area (Å²) in [6.07, 6.45) is -1.82. The lowest BCUT2D eigenvalue weighted by molar-refractivity contribution is -0.0538. The third kappa shape index (κ3) is 3.65. The first kappa shape index (κ1) is 15.2. The summed E-state index contributed by atoms with van der Waals surface area (Å²) in [5.41, 5.74) is -5.57. The van der Waals surface area contributed by atoms with E-state index in [1.165, 1.54) is 13.8 Å². The van der Waals surface area contributed by atoms with Crippen LogP contribution in [0.3, 0.4) is 0 Å². The zero-order chi connectivity index (χ0) is 13.1. The van der Waals surface area contributed by atoms with Gasteiger partial charge in [0.2, 0.25) is 0 Å². The maximum Gasteiger partial charge on any atom is 0.534 e. The van der Waals surface area contributed by atoms with Crippen LogP contribution in [0.4, 0.5) is 13.2 Å². The summed E-state index contributed by atoms with van der Waals surface area (Å²) in [4.78, 5) is 0. The molecule has 0 aliphatic rings. The smallest absolute Gasteiger partial charge is 0.393 e. The monoisotopic (exact) mass is 264 g/mol. The van der Waals surface area contributed by atoms with Crippen LogP contribution in [-0.2, 0) is 14.3 Å². The number of alkyl halides is 3. The Balaban J connectivity index is 5.18. The maximum atomic E-state index is 11.9. The van der Waals surface area contributed by atoms with Crippen LogP contribution in [0.5, 0.6) is 0 Å². The summed E-state index contributed by atoms with van der Waals surface area (Å²) in [6, 6.07) is 0. The molecule has 0 aromatic rings. The van der Waals surface area contributed by atoms with E-state index in [1.807, 2.05) is 0 Å². The van der Waals surface area contributed by atoms with Crippen LogP contribution in [0, 0.1) is 0 Å². The van der Waals surface area contributed by atoms with Crippen LogP contribution in [0.15, 0.2) is 11.3 Å². The van der Waals surface area contributed by atoms with Gasteiger partial charge in [0.15, 0.2) is 0 Å². The van der Waals surface area contributed by atoms with Gasteiger partial charge in [0.1, 0.15) is 11.9 Å². The van der Waals surface area contributed by atoms with Crippen LogP contribution in [0.2, 0.25) is 0 Å². The average molecular weight is 264 g/mol. The van der Waals surface area contributed by atoms with Crippen molar-refractivity contribution in [3.8, 4) is 0 Å². The number of allylic oxidation sites excluding steroid dienone is 1. The van der Waals surface area contributed by atoms with E-state index in [-0.39, 0.29) is 5.57 Å². The van der Waals surface area contributed by atoms with Crippen molar-refractivity contribution >= 4 is 10.1 Å². The number of hydrogen-bond acceptors (Lipinski definition) is 5. The van der Waals surface area contributed by atoms with Gasteiger partial charge in [0, 0.05) is 0 Å². The van der Waals surface area contributed by atoms with Crippen LogP contribution >= 0.6 is 0 Å². The summed E-state index contributed by atoms with van der Waals surface area (Å²) < 4.78 is 60.8. The molecule has 0 rings (SSSR count). The quantitative estimate of drug-likeness (QED) is 0.439. The van der Waals surface area contributed by atoms with Crippen molar-refractivity contribution in [2.24, 2.45) is 0 Å². The molecule has 16 heavy (non-hydrogen) atoms. The fourth-order valence-electron chi connectivity index (χ4n) is 0.720. The number of hydrogen-bond donors (Lipinski definition) is 2. The molecule has 0 aromatic carbocycles. The van der Waals surface area contributed by atoms with Crippen LogP contribution in [0.25, 0.3) is 0 Å². The summed E-state index contributed by atoms with van der Waals surface area (Å²) in [5.74, 6) is -0.833. The number of halogens is 3. The van der Waals surface area contributed by atoms with E-state index in [1.54, 1.807) is 0 Å². The van der Waals surface area contributed by atoms with Gasteiger partial charge in [-0.15, -0.1) is 0 Å². The Hall–Kier alpha value is -0.800. The minimum absolute atomic E-state index is 0.00868. The van der Waals surface area contributed by atoms with Gasteiger partial charge in [-0.2, -0.15) is 21.6 Å². The summed E-state index contributed by atoms with van der Waals surface area (Å²) >= 11 is 0. The van der Waals surface area contributed by atoms with Gasteiger partial charge in [-0.3, -0.25) is 0 Å². The van der Waals surface area contributed by atoms with Crippen molar-refractivity contribution < 1.29 is 36.0 Å². The van der Waals surface area contributed by atoms with Gasteiger partial charge in [0.05, 0.1) is 6.61 Å². The molecule has 1 unspecified atom stereocenters. The van der Waals surface area contributed by atoms with Crippen LogP contribution in [0.1, 0.15) is 13.8 Å². The van der Waals surface area contributed by atoms with Crippen molar-refractivity contribution in [3.05, 3.63) is 11.3 Å². The molecule has 5 nitrogen and oxygen atoms in total. The fourth-order valence-corrected chi connectivity index (χ4v) is 1.33. The molecule has 1 atom stereocenters. The largest absolute Gasteiger partial charge is 0.534 e. The Morgan fingerprint density at radius 3 is 2.06 bits per heavy atom. The van der Waals surface area contributed by atoms with E-state index in [2.05, 4.69) is 4.18 Å². The second kappa shape index (κ2) is 5.02. The third-order valence-electron chi connectivity index (χ3n) is 1.45. The number of aliphatic hydroxyl groups is 2. The Morgan fingerprint density at radius 1 is 1.38 bits per heavy atom. The minimum atomic E-state index is -5.83. The molecular formula is C7H11F3O5S. The molecule has 0 aliphatic carbocycles. The molecule has 0 heterocycles. The van der Waals surface area contributed by atoms with Gasteiger partial charge in [-0.25, -0.2) is 0 Å². The highest BCUT2D eigenvalue weighted by molar-refractivity contribution is 7.87. The van der Waals surface area contributed by atoms with E-state index in [4.69, 9.17) is 10.2 Å². The first-order chi connectivity index (χ1) is 7.03. The Labute approximate surface area is 90.3 Å². The van der Waals surface area contributed by atoms with E-state index in [0.29, 0.717) is 0 Å². The van der Waals surface area contributed by atoms with Crippen LogP contribution in [-0.4, -0.2) is 36.9 Å². The zero-order valence-corrected chi connectivity index (χ0v) is 9.26. The predicted molar refractivity (Wildman–Crippen MR) is 47.5 cm³/mol. The maximum absolute atomic E-state index is 11.9. The van der Waals surface area contributed by atoms with Crippen molar-refractivity contribution in [1.29, 1.82) is 0 Å². The molecule has 0 aromatic heterocycles. The molecule has 0 bridgehead atoms. The molecule has 0 fully saturated rings. The van der Waals surface area contributed by atoms with Gasteiger partial charge < -0.3 is 14.4 Å². The van der Waals surface area contributed by atoms with E-state index in [0.717, 1.165) is 0 Å². The van der Waals surface area contributed by atoms with Gasteiger partial charge in [-0.1, -0.05) is 0 Å². The summed E-state index contributed by atoms with van der Waals surface area (Å²) in [5, 5.41) is 17.6. The van der Waals surface area contributed by atoms with E-state index < -0.39 is 34.1 Å². The molecular weight excluding hydrogens is 253 g/mol. The molecule has 0 saturated heterocycles. The third-order valence-corrected chi connectivity index (χ3v) is 2.42. The number of rotatable bonds is 4. The summed E-state index contributed by atoms with van der Waals surface area (Å²) in [7, 11) is -5.83. The first-order valence-electron chi connectivity index (χ1n) is 4.00. The lowest BCUT2D eigenvalue weighted by Gasteiger charge is -2.16. The Kier molecular flexibility index (Phi) is 4.77. The van der Waals surface area contributed by atoms with Gasteiger partial charge >= 0.3 is 15.6 Å². The van der Waals surface area contributed by atoms with Gasteiger partial charge in [-0.05, 0) is 19.4 Å². The predicted octanol–water partition coefficient (Wildman–Crippen LogP) is 0.500. The summed E-state index contributed by atoms with van der Waals surface area (Å²) in [6.45, 7) is 1.52. The SMILES string of the molecule is CC(C)=C(OS(=O)(=O)C(F)(F)F)C(O)CO. The number of aliphatic hydroxyl groups excluding tert-OH is 2. The highest BCUT2D eigenvalue weighted by Crippen LogP contribution is 2.28. The molecule has 9 heteroatoms. The molecule has 0 saturated carbocycles. The fraction of sp³-hybridized carbons (Fsp3) is 0.714. The highest BCUT2D eigenvalue weighted by Gasteiger charge is 2.49. The molecule has 0 aliphatic heterocycles. The molecule has 2 N–H and O–H groups in total. The molecule has 0 radical (unpaired) electrons. The minimum Gasteiger partial charge on any atom is -0.393 e. The Bertz CT molecular complexity index is 366. The lowest BCUT2D eigenvalue weighted by Crippen LogP contribution is -2.29. The molecule has 0 spiro atoms. The zero-order valence-electron chi connectivity index (χ0n) is 8.45. The van der Waals surface area contributed by atoms with E-state index in [9.17, 15) is 21.6 Å². The van der Waals surface area contributed by atoms with Crippen molar-refractivity contribution in [2.45, 2.75) is 25.5 Å². The first-order valence-corrected chi connectivity index (χ1v) is 5.40. The topological polar surface area (TPSA) is 83.8 Å².